The molecule has 0 unspecified atom stereocenters. The topological polar surface area (TPSA) is 82.9 Å². The van der Waals surface area contributed by atoms with Gasteiger partial charge < -0.3 is 0 Å². The largest absolute Gasteiger partial charge is 0.272 e. The van der Waals surface area contributed by atoms with Gasteiger partial charge in [0.2, 0.25) is 11.8 Å². The molecule has 0 aliphatic rings. The van der Waals surface area contributed by atoms with E-state index in [0.717, 1.165) is 22.6 Å². The van der Waals surface area contributed by atoms with Gasteiger partial charge in [-0.05, 0) is 25.0 Å². The molecule has 7 heteroatoms. The van der Waals surface area contributed by atoms with Crippen molar-refractivity contribution in [1.82, 2.24) is 10.9 Å². The summed E-state index contributed by atoms with van der Waals surface area (Å²) in [5, 5.41) is 8.13. The van der Waals surface area contributed by atoms with Crippen LogP contribution in [0.25, 0.3) is 0 Å². The highest BCUT2D eigenvalue weighted by molar-refractivity contribution is 8.00. The number of amides is 2. The van der Waals surface area contributed by atoms with Gasteiger partial charge in [-0.2, -0.15) is 10.2 Å². The molecule has 0 saturated carbocycles. The Morgan fingerprint density at radius 3 is 1.48 bits per heavy atom. The molecule has 0 bridgehead atoms. The minimum atomic E-state index is -0.257. The van der Waals surface area contributed by atoms with Gasteiger partial charge in [0.25, 0.3) is 0 Å². The fraction of sp³-hybridized carbons (Fsp3) is 0.200. The first-order valence-electron chi connectivity index (χ1n) is 8.41. The van der Waals surface area contributed by atoms with E-state index in [0.29, 0.717) is 0 Å². The molecule has 0 saturated heterocycles. The molecule has 0 spiro atoms. The third-order valence-corrected chi connectivity index (χ3v) is 4.48. The Morgan fingerprint density at radius 1 is 0.741 bits per heavy atom. The van der Waals surface area contributed by atoms with E-state index < -0.39 is 0 Å². The van der Waals surface area contributed by atoms with Crippen LogP contribution in [-0.2, 0) is 9.59 Å². The summed E-state index contributed by atoms with van der Waals surface area (Å²) < 4.78 is 0. The predicted octanol–water partition coefficient (Wildman–Crippen LogP) is 2.80. The molecular weight excluding hydrogens is 360 g/mol. The van der Waals surface area contributed by atoms with Gasteiger partial charge in [-0.3, -0.25) is 9.59 Å². The van der Waals surface area contributed by atoms with Crippen molar-refractivity contribution in [2.24, 2.45) is 10.2 Å². The summed E-state index contributed by atoms with van der Waals surface area (Å²) in [6, 6.07) is 19.2. The monoisotopic (exact) mass is 382 g/mol. The molecule has 2 rings (SSSR count). The third-order valence-electron chi connectivity index (χ3n) is 3.55. The zero-order valence-electron chi connectivity index (χ0n) is 15.3. The molecule has 27 heavy (non-hydrogen) atoms. The second-order valence-corrected chi connectivity index (χ2v) is 6.67. The van der Waals surface area contributed by atoms with Gasteiger partial charge in [0.1, 0.15) is 0 Å². The summed E-state index contributed by atoms with van der Waals surface area (Å²) in [4.78, 5) is 23.6. The molecule has 0 aromatic heterocycles. The number of hydrogen-bond acceptors (Lipinski definition) is 5. The highest BCUT2D eigenvalue weighted by Crippen LogP contribution is 2.02. The van der Waals surface area contributed by atoms with E-state index in [1.165, 1.54) is 11.8 Å². The molecule has 0 radical (unpaired) electrons. The smallest absolute Gasteiger partial charge is 0.250 e. The molecule has 2 N–H and O–H groups in total. The molecule has 2 aromatic carbocycles. The number of carbonyl (C=O) groups excluding carboxylic acids is 2. The van der Waals surface area contributed by atoms with Crippen molar-refractivity contribution in [2.45, 2.75) is 13.8 Å². The van der Waals surface area contributed by atoms with E-state index in [-0.39, 0.29) is 23.3 Å². The number of benzene rings is 2. The van der Waals surface area contributed by atoms with Crippen LogP contribution in [0.4, 0.5) is 0 Å². The summed E-state index contributed by atoms with van der Waals surface area (Å²) in [6.45, 7) is 3.65. The summed E-state index contributed by atoms with van der Waals surface area (Å²) in [7, 11) is 0. The van der Waals surface area contributed by atoms with Crippen molar-refractivity contribution in [3.05, 3.63) is 71.8 Å². The van der Waals surface area contributed by atoms with Gasteiger partial charge in [-0.1, -0.05) is 60.7 Å². The van der Waals surface area contributed by atoms with Gasteiger partial charge in [0.05, 0.1) is 22.9 Å². The molecule has 0 aliphatic carbocycles. The maximum atomic E-state index is 11.8. The van der Waals surface area contributed by atoms with Gasteiger partial charge in [-0.15, -0.1) is 11.8 Å². The quantitative estimate of drug-likeness (QED) is 0.544. The Labute approximate surface area is 163 Å². The first kappa shape index (κ1) is 20.4. The lowest BCUT2D eigenvalue weighted by Gasteiger charge is -2.04. The Hall–Kier alpha value is -2.93. The third kappa shape index (κ3) is 7.45. The van der Waals surface area contributed by atoms with Crippen LogP contribution in [0.1, 0.15) is 25.0 Å². The number of hydrazone groups is 2. The van der Waals surface area contributed by atoms with E-state index in [4.69, 9.17) is 0 Å². The van der Waals surface area contributed by atoms with Gasteiger partial charge >= 0.3 is 0 Å². The van der Waals surface area contributed by atoms with E-state index >= 15 is 0 Å². The molecule has 0 aliphatic heterocycles. The molecule has 0 fully saturated rings. The van der Waals surface area contributed by atoms with Crippen molar-refractivity contribution in [2.75, 3.05) is 11.5 Å². The van der Waals surface area contributed by atoms with Crippen molar-refractivity contribution in [3.63, 3.8) is 0 Å². The Bertz CT molecular complexity index is 751. The molecule has 0 heterocycles. The molecular formula is C20H22N4O2S. The second kappa shape index (κ2) is 10.9. The number of nitrogens with one attached hydrogen (secondary N) is 2. The van der Waals surface area contributed by atoms with Crippen molar-refractivity contribution >= 4 is 35.0 Å². The summed E-state index contributed by atoms with van der Waals surface area (Å²) in [5.41, 5.74) is 8.31. The summed E-state index contributed by atoms with van der Waals surface area (Å²) in [5.74, 6) is -0.236. The Balaban J connectivity index is 1.69. The first-order chi connectivity index (χ1) is 13.1. The van der Waals surface area contributed by atoms with Crippen molar-refractivity contribution < 1.29 is 9.59 Å². The van der Waals surface area contributed by atoms with Crippen LogP contribution < -0.4 is 10.9 Å². The number of hydrogen-bond donors (Lipinski definition) is 2. The average molecular weight is 382 g/mol. The average Bonchev–Trinajstić information content (AvgIpc) is 2.71. The predicted molar refractivity (Wildman–Crippen MR) is 111 cm³/mol. The summed E-state index contributed by atoms with van der Waals surface area (Å²) >= 11 is 1.20. The molecule has 140 valence electrons. The van der Waals surface area contributed by atoms with Gasteiger partial charge in [-0.25, -0.2) is 10.9 Å². The molecule has 2 amide bonds. The zero-order valence-corrected chi connectivity index (χ0v) is 16.1. The minimum absolute atomic E-state index is 0.139. The van der Waals surface area contributed by atoms with Gasteiger partial charge in [0.15, 0.2) is 0 Å². The van der Waals surface area contributed by atoms with Crippen LogP contribution in [0.3, 0.4) is 0 Å². The second-order valence-electron chi connectivity index (χ2n) is 5.69. The maximum Gasteiger partial charge on any atom is 0.250 e. The SMILES string of the molecule is C/C(=N\NC(=O)CSCC(=O)N/N=C(\C)c1ccccc1)c1ccccc1. The first-order valence-corrected chi connectivity index (χ1v) is 9.56. The molecule has 6 nitrogen and oxygen atoms in total. The van der Waals surface area contributed by atoms with Crippen LogP contribution in [-0.4, -0.2) is 34.7 Å². The number of carbonyl (C=O) groups is 2. The van der Waals surface area contributed by atoms with Crippen LogP contribution in [0, 0.1) is 0 Å². The van der Waals surface area contributed by atoms with Crippen LogP contribution >= 0.6 is 11.8 Å². The lowest BCUT2D eigenvalue weighted by Crippen LogP contribution is -2.24. The van der Waals surface area contributed by atoms with Crippen LogP contribution in [0.15, 0.2) is 70.9 Å². The molecule has 2 aromatic rings. The lowest BCUT2D eigenvalue weighted by atomic mass is 10.1. The zero-order chi connectivity index (χ0) is 19.5. The maximum absolute atomic E-state index is 11.8. The summed E-state index contributed by atoms with van der Waals surface area (Å²) in [6.07, 6.45) is 0. The van der Waals surface area contributed by atoms with Crippen LogP contribution in [0.5, 0.6) is 0 Å². The lowest BCUT2D eigenvalue weighted by molar-refractivity contribution is -0.118. The fourth-order valence-electron chi connectivity index (χ4n) is 2.08. The minimum Gasteiger partial charge on any atom is -0.272 e. The fourth-order valence-corrected chi connectivity index (χ4v) is 2.68. The highest BCUT2D eigenvalue weighted by atomic mass is 32.2. The normalized spacial score (nSPS) is 11.8. The highest BCUT2D eigenvalue weighted by Gasteiger charge is 2.05. The standard InChI is InChI=1S/C20H22N4O2S/c1-15(17-9-5-3-6-10-17)21-23-19(25)13-27-14-20(26)24-22-16(2)18-11-7-4-8-12-18/h3-12H,13-14H2,1-2H3,(H,23,25)(H,24,26)/b21-15+,22-16+. The van der Waals surface area contributed by atoms with E-state index in [9.17, 15) is 9.59 Å². The van der Waals surface area contributed by atoms with Crippen molar-refractivity contribution in [1.29, 1.82) is 0 Å². The number of thioether (sulfide) groups is 1. The van der Waals surface area contributed by atoms with Crippen LogP contribution in [0.2, 0.25) is 0 Å². The van der Waals surface area contributed by atoms with E-state index in [1.54, 1.807) is 0 Å². The van der Waals surface area contributed by atoms with E-state index in [2.05, 4.69) is 21.1 Å². The molecule has 0 atom stereocenters. The number of rotatable bonds is 8. The Morgan fingerprint density at radius 2 is 1.11 bits per heavy atom. The van der Waals surface area contributed by atoms with E-state index in [1.807, 2.05) is 74.5 Å². The Kier molecular flexibility index (Phi) is 8.25. The number of nitrogens with zero attached hydrogens (tertiary/aromatic N) is 2. The van der Waals surface area contributed by atoms with Crippen molar-refractivity contribution in [3.8, 4) is 0 Å². The van der Waals surface area contributed by atoms with Gasteiger partial charge in [0, 0.05) is 0 Å².